The number of hydrogen-bond acceptors (Lipinski definition) is 5. The number of carbonyl (C=O) groups excluding carboxylic acids is 2. The highest BCUT2D eigenvalue weighted by atomic mass is 32.2. The van der Waals surface area contributed by atoms with E-state index in [1.165, 1.54) is 29.6 Å². The van der Waals surface area contributed by atoms with Crippen LogP contribution in [0.3, 0.4) is 0 Å². The molecule has 0 aromatic heterocycles. The summed E-state index contributed by atoms with van der Waals surface area (Å²) in [6.45, 7) is 4.77. The third-order valence-electron chi connectivity index (χ3n) is 6.02. The number of rotatable bonds is 8. The summed E-state index contributed by atoms with van der Waals surface area (Å²) in [5.74, 6) is -0.614. The van der Waals surface area contributed by atoms with Crippen molar-refractivity contribution in [3.8, 4) is 5.75 Å². The van der Waals surface area contributed by atoms with Crippen LogP contribution in [0.2, 0.25) is 0 Å². The second-order valence-corrected chi connectivity index (χ2v) is 10.4. The topological polar surface area (TPSA) is 105 Å². The van der Waals surface area contributed by atoms with Gasteiger partial charge in [0.15, 0.2) is 0 Å². The average molecular weight is 488 g/mol. The third-order valence-corrected chi connectivity index (χ3v) is 7.94. The Morgan fingerprint density at radius 3 is 2.35 bits per heavy atom. The second-order valence-electron chi connectivity index (χ2n) is 8.47. The Hall–Kier alpha value is -2.91. The van der Waals surface area contributed by atoms with Gasteiger partial charge in [0.25, 0.3) is 11.8 Å². The largest absolute Gasteiger partial charge is 0.495 e. The summed E-state index contributed by atoms with van der Waals surface area (Å²) in [7, 11) is -2.43. The molecular formula is C25H33N3O5S. The first-order chi connectivity index (χ1) is 16.3. The molecule has 1 saturated heterocycles. The van der Waals surface area contributed by atoms with Gasteiger partial charge in [-0.05, 0) is 56.5 Å². The van der Waals surface area contributed by atoms with Crippen molar-refractivity contribution in [1.82, 2.24) is 9.62 Å². The molecule has 0 bridgehead atoms. The Labute approximate surface area is 201 Å². The van der Waals surface area contributed by atoms with Gasteiger partial charge >= 0.3 is 0 Å². The normalized spacial score (nSPS) is 15.7. The number of amides is 2. The number of nitrogens with zero attached hydrogens (tertiary/aromatic N) is 1. The van der Waals surface area contributed by atoms with Gasteiger partial charge in [-0.3, -0.25) is 9.59 Å². The minimum absolute atomic E-state index is 0.00963. The second kappa shape index (κ2) is 11.5. The summed E-state index contributed by atoms with van der Waals surface area (Å²) < 4.78 is 33.6. The number of sulfonamides is 1. The Kier molecular flexibility index (Phi) is 8.68. The predicted octanol–water partition coefficient (Wildman–Crippen LogP) is 4.04. The minimum Gasteiger partial charge on any atom is -0.495 e. The highest BCUT2D eigenvalue weighted by Gasteiger charge is 2.29. The van der Waals surface area contributed by atoms with Crippen molar-refractivity contribution in [1.29, 1.82) is 0 Å². The molecule has 9 heteroatoms. The molecule has 1 aliphatic heterocycles. The lowest BCUT2D eigenvalue weighted by atomic mass is 10.1. The summed E-state index contributed by atoms with van der Waals surface area (Å²) in [6, 6.07) is 11.1. The molecule has 34 heavy (non-hydrogen) atoms. The molecule has 2 N–H and O–H groups in total. The lowest BCUT2D eigenvalue weighted by Gasteiger charge is -2.21. The van der Waals surface area contributed by atoms with Crippen molar-refractivity contribution >= 4 is 27.5 Å². The van der Waals surface area contributed by atoms with Crippen LogP contribution in [0.1, 0.15) is 66.7 Å². The van der Waals surface area contributed by atoms with Crippen LogP contribution >= 0.6 is 0 Å². The summed E-state index contributed by atoms with van der Waals surface area (Å²) >= 11 is 0. The standard InChI is InChI=1S/C25H33N3O5S/c1-4-18(2)26-25(30)20-11-7-8-12-21(20)27-24(29)19-13-14-22(33-3)23(17-19)34(31,32)28-15-9-5-6-10-16-28/h7-8,11-14,17-18H,4-6,9-10,15-16H2,1-3H3,(H,26,30)(H,27,29). The number of methoxy groups -OCH3 is 1. The predicted molar refractivity (Wildman–Crippen MR) is 132 cm³/mol. The number of ether oxygens (including phenoxy) is 1. The van der Waals surface area contributed by atoms with Crippen LogP contribution in [-0.2, 0) is 10.0 Å². The Morgan fingerprint density at radius 2 is 1.71 bits per heavy atom. The highest BCUT2D eigenvalue weighted by molar-refractivity contribution is 7.89. The zero-order chi connectivity index (χ0) is 24.7. The molecule has 3 rings (SSSR count). The zero-order valence-corrected chi connectivity index (χ0v) is 20.8. The Bertz CT molecular complexity index is 1130. The molecule has 0 radical (unpaired) electrons. The van der Waals surface area contributed by atoms with Gasteiger partial charge in [-0.25, -0.2) is 8.42 Å². The van der Waals surface area contributed by atoms with Crippen LogP contribution in [0.5, 0.6) is 5.75 Å². The molecule has 184 valence electrons. The SMILES string of the molecule is CCC(C)NC(=O)c1ccccc1NC(=O)c1ccc(OC)c(S(=O)(=O)N2CCCCCC2)c1. The van der Waals surface area contributed by atoms with E-state index in [4.69, 9.17) is 4.74 Å². The van der Waals surface area contributed by atoms with Crippen molar-refractivity contribution in [3.63, 3.8) is 0 Å². The minimum atomic E-state index is -3.83. The van der Waals surface area contributed by atoms with Crippen molar-refractivity contribution in [3.05, 3.63) is 53.6 Å². The quantitative estimate of drug-likeness (QED) is 0.585. The summed E-state index contributed by atoms with van der Waals surface area (Å²) in [6.07, 6.45) is 4.38. The molecule has 2 aromatic rings. The number of benzene rings is 2. The van der Waals surface area contributed by atoms with Gasteiger partial charge in [0.2, 0.25) is 10.0 Å². The number of anilines is 1. The molecule has 2 aromatic carbocycles. The van der Waals surface area contributed by atoms with Gasteiger partial charge in [0.1, 0.15) is 10.6 Å². The molecule has 0 saturated carbocycles. The van der Waals surface area contributed by atoms with Crippen LogP contribution in [0.4, 0.5) is 5.69 Å². The maximum Gasteiger partial charge on any atom is 0.255 e. The number of nitrogens with one attached hydrogen (secondary N) is 2. The van der Waals surface area contributed by atoms with Crippen molar-refractivity contribution in [2.24, 2.45) is 0 Å². The first-order valence-corrected chi connectivity index (χ1v) is 13.1. The van der Waals surface area contributed by atoms with Crippen molar-refractivity contribution < 1.29 is 22.7 Å². The average Bonchev–Trinajstić information content (AvgIpc) is 3.14. The molecule has 0 aliphatic carbocycles. The fourth-order valence-electron chi connectivity index (χ4n) is 3.83. The summed E-state index contributed by atoms with van der Waals surface area (Å²) in [5.41, 5.74) is 0.842. The van der Waals surface area contributed by atoms with E-state index in [0.717, 1.165) is 32.1 Å². The van der Waals surface area contributed by atoms with E-state index in [1.807, 2.05) is 13.8 Å². The monoisotopic (exact) mass is 487 g/mol. The zero-order valence-electron chi connectivity index (χ0n) is 20.0. The lowest BCUT2D eigenvalue weighted by Crippen LogP contribution is -2.33. The molecule has 1 heterocycles. The van der Waals surface area contributed by atoms with Gasteiger partial charge in [-0.15, -0.1) is 0 Å². The fraction of sp³-hybridized carbons (Fsp3) is 0.440. The van der Waals surface area contributed by atoms with Gasteiger partial charge in [-0.1, -0.05) is 31.9 Å². The number of para-hydroxylation sites is 1. The maximum absolute atomic E-state index is 13.4. The van der Waals surface area contributed by atoms with E-state index >= 15 is 0 Å². The molecular weight excluding hydrogens is 454 g/mol. The van der Waals surface area contributed by atoms with E-state index in [9.17, 15) is 18.0 Å². The van der Waals surface area contributed by atoms with Crippen molar-refractivity contribution in [2.45, 2.75) is 56.9 Å². The van der Waals surface area contributed by atoms with E-state index in [-0.39, 0.29) is 28.2 Å². The Morgan fingerprint density at radius 1 is 1.03 bits per heavy atom. The van der Waals surface area contributed by atoms with Crippen molar-refractivity contribution in [2.75, 3.05) is 25.5 Å². The van der Waals surface area contributed by atoms with Crippen LogP contribution in [0, 0.1) is 0 Å². The molecule has 0 spiro atoms. The number of carbonyl (C=O) groups is 2. The van der Waals surface area contributed by atoms with Gasteiger partial charge in [-0.2, -0.15) is 4.31 Å². The van der Waals surface area contributed by atoms with Crippen LogP contribution < -0.4 is 15.4 Å². The van der Waals surface area contributed by atoms with E-state index < -0.39 is 15.9 Å². The smallest absolute Gasteiger partial charge is 0.255 e. The van der Waals surface area contributed by atoms with Crippen LogP contribution in [0.25, 0.3) is 0 Å². The van der Waals surface area contributed by atoms with Crippen LogP contribution in [-0.4, -0.2) is 50.8 Å². The van der Waals surface area contributed by atoms with Gasteiger partial charge < -0.3 is 15.4 Å². The number of hydrogen-bond donors (Lipinski definition) is 2. The molecule has 1 fully saturated rings. The third kappa shape index (κ3) is 5.95. The maximum atomic E-state index is 13.4. The molecule has 2 amide bonds. The molecule has 1 aliphatic rings. The Balaban J connectivity index is 1.89. The fourth-order valence-corrected chi connectivity index (χ4v) is 5.53. The van der Waals surface area contributed by atoms with Gasteiger partial charge in [0, 0.05) is 24.7 Å². The lowest BCUT2D eigenvalue weighted by molar-refractivity contribution is 0.0940. The first-order valence-electron chi connectivity index (χ1n) is 11.7. The molecule has 8 nitrogen and oxygen atoms in total. The van der Waals surface area contributed by atoms with E-state index in [1.54, 1.807) is 24.3 Å². The first kappa shape index (κ1) is 25.7. The molecule has 1 unspecified atom stereocenters. The van der Waals surface area contributed by atoms with E-state index in [0.29, 0.717) is 24.3 Å². The van der Waals surface area contributed by atoms with Crippen LogP contribution in [0.15, 0.2) is 47.4 Å². The highest BCUT2D eigenvalue weighted by Crippen LogP contribution is 2.30. The summed E-state index contributed by atoms with van der Waals surface area (Å²) in [4.78, 5) is 25.7. The van der Waals surface area contributed by atoms with Gasteiger partial charge in [0.05, 0.1) is 18.4 Å². The van der Waals surface area contributed by atoms with E-state index in [2.05, 4.69) is 10.6 Å². The summed E-state index contributed by atoms with van der Waals surface area (Å²) in [5, 5.41) is 5.65. The molecule has 1 atom stereocenters.